The van der Waals surface area contributed by atoms with E-state index in [1.54, 1.807) is 0 Å². The highest BCUT2D eigenvalue weighted by Crippen LogP contribution is 2.44. The van der Waals surface area contributed by atoms with Crippen LogP contribution in [0.4, 0.5) is 17.1 Å². The second-order valence-corrected chi connectivity index (χ2v) is 8.50. The number of anilines is 3. The maximum Gasteiger partial charge on any atom is 0.349 e. The summed E-state index contributed by atoms with van der Waals surface area (Å²) in [4.78, 5) is 7.27. The van der Waals surface area contributed by atoms with E-state index >= 15 is 0 Å². The molecule has 3 nitrogen and oxygen atoms in total. The van der Waals surface area contributed by atoms with E-state index in [1.165, 1.54) is 49.9 Å². The minimum Gasteiger partial charge on any atom is -0.456 e. The molecule has 0 saturated heterocycles. The van der Waals surface area contributed by atoms with Crippen molar-refractivity contribution < 1.29 is 4.42 Å². The zero-order valence-corrected chi connectivity index (χ0v) is 17.4. The Hall–Kier alpha value is -3.79. The van der Waals surface area contributed by atoms with Gasteiger partial charge in [0.2, 0.25) is 0 Å². The van der Waals surface area contributed by atoms with Gasteiger partial charge in [0.15, 0.2) is 0 Å². The average Bonchev–Trinajstić information content (AvgIpc) is 3.39. The molecule has 4 heteroatoms. The minimum absolute atomic E-state index is 0.0780. The van der Waals surface area contributed by atoms with Crippen LogP contribution in [0.2, 0.25) is 0 Å². The van der Waals surface area contributed by atoms with E-state index in [0.29, 0.717) is 0 Å². The van der Waals surface area contributed by atoms with Crippen LogP contribution in [-0.4, -0.2) is 13.1 Å². The Balaban J connectivity index is 1.58. The molecule has 5 aromatic rings. The lowest BCUT2D eigenvalue weighted by molar-refractivity contribution is 0.666. The predicted octanol–water partition coefficient (Wildman–Crippen LogP) is 5.52. The zero-order chi connectivity index (χ0) is 20.7. The summed E-state index contributed by atoms with van der Waals surface area (Å²) >= 11 is 0. The molecule has 0 radical (unpaired) electrons. The molecule has 0 unspecified atom stereocenters. The average molecular weight is 398 g/mol. The van der Waals surface area contributed by atoms with Crippen LogP contribution in [0, 0.1) is 13.8 Å². The van der Waals surface area contributed by atoms with Gasteiger partial charge in [-0.2, -0.15) is 0 Å². The summed E-state index contributed by atoms with van der Waals surface area (Å²) in [6.07, 6.45) is 2.02. The normalized spacial score (nSPS) is 13.9. The molecule has 31 heavy (non-hydrogen) atoms. The first-order chi connectivity index (χ1) is 15.2. The van der Waals surface area contributed by atoms with E-state index < -0.39 is 0 Å². The van der Waals surface area contributed by atoms with E-state index in [1.807, 2.05) is 18.3 Å². The molecule has 0 amide bonds. The van der Waals surface area contributed by atoms with Crippen molar-refractivity contribution in [2.24, 2.45) is 4.90 Å². The van der Waals surface area contributed by atoms with Crippen LogP contribution in [0.5, 0.6) is 0 Å². The van der Waals surface area contributed by atoms with E-state index in [0.717, 1.165) is 16.7 Å². The van der Waals surface area contributed by atoms with Gasteiger partial charge in [-0.1, -0.05) is 48.5 Å². The molecular weight excluding hydrogens is 379 g/mol. The number of aryl methyl sites for hydroxylation is 2. The number of fused-ring (bicyclic) bond motifs is 5. The lowest BCUT2D eigenvalue weighted by atomic mass is 9.49. The topological polar surface area (TPSA) is 28.7 Å². The van der Waals surface area contributed by atoms with Crippen LogP contribution in [0.25, 0.3) is 21.9 Å². The largest absolute Gasteiger partial charge is 0.456 e. The smallest absolute Gasteiger partial charge is 0.349 e. The van der Waals surface area contributed by atoms with Gasteiger partial charge in [0.25, 0.3) is 0 Å². The summed E-state index contributed by atoms with van der Waals surface area (Å²) in [6.45, 7) is 4.47. The molecule has 3 heterocycles. The van der Waals surface area contributed by atoms with Crippen molar-refractivity contribution in [2.75, 3.05) is 4.90 Å². The second-order valence-electron chi connectivity index (χ2n) is 8.50. The van der Waals surface area contributed by atoms with Crippen molar-refractivity contribution >= 4 is 63.0 Å². The van der Waals surface area contributed by atoms with E-state index in [4.69, 9.17) is 9.32 Å². The Morgan fingerprint density at radius 2 is 1.65 bits per heavy atom. The molecule has 0 atom stereocenters. The third-order valence-electron chi connectivity index (χ3n) is 6.75. The molecule has 2 aliphatic rings. The summed E-state index contributed by atoms with van der Waals surface area (Å²) in [6, 6.07) is 25.7. The van der Waals surface area contributed by atoms with Gasteiger partial charge in [0, 0.05) is 33.9 Å². The van der Waals surface area contributed by atoms with Crippen LogP contribution in [-0.2, 0) is 0 Å². The second kappa shape index (κ2) is 5.89. The monoisotopic (exact) mass is 398 g/mol. The van der Waals surface area contributed by atoms with E-state index in [-0.39, 0.29) is 6.85 Å². The van der Waals surface area contributed by atoms with Crippen LogP contribution in [0.15, 0.2) is 82.1 Å². The molecule has 4 aromatic carbocycles. The fraction of sp³-hybridized carbons (Fsp3) is 0.0741. The van der Waals surface area contributed by atoms with Gasteiger partial charge in [0.1, 0.15) is 11.2 Å². The first-order valence-corrected chi connectivity index (χ1v) is 10.7. The Morgan fingerprint density at radius 1 is 0.839 bits per heavy atom. The summed E-state index contributed by atoms with van der Waals surface area (Å²) < 4.78 is 6.35. The molecular formula is C27H19BN2O. The fourth-order valence-electron chi connectivity index (χ4n) is 5.45. The Labute approximate surface area is 180 Å². The third kappa shape index (κ3) is 2.12. The molecule has 146 valence electrons. The molecule has 7 rings (SSSR count). The highest BCUT2D eigenvalue weighted by atomic mass is 16.3. The summed E-state index contributed by atoms with van der Waals surface area (Å²) in [5.41, 5.74) is 11.6. The number of furan rings is 1. The summed E-state index contributed by atoms with van der Waals surface area (Å²) in [5.74, 6) is 0. The molecule has 2 aliphatic heterocycles. The van der Waals surface area contributed by atoms with Crippen molar-refractivity contribution in [1.29, 1.82) is 0 Å². The van der Waals surface area contributed by atoms with Gasteiger partial charge >= 0.3 is 6.85 Å². The lowest BCUT2D eigenvalue weighted by Gasteiger charge is -2.36. The van der Waals surface area contributed by atoms with E-state index in [9.17, 15) is 0 Å². The van der Waals surface area contributed by atoms with Gasteiger partial charge in [-0.25, -0.2) is 0 Å². The number of rotatable bonds is 1. The van der Waals surface area contributed by atoms with Crippen molar-refractivity contribution in [2.45, 2.75) is 13.8 Å². The molecule has 0 fully saturated rings. The van der Waals surface area contributed by atoms with Crippen molar-refractivity contribution in [3.05, 3.63) is 89.5 Å². The number of hydrogen-bond acceptors (Lipinski definition) is 3. The number of para-hydroxylation sites is 2. The lowest BCUT2D eigenvalue weighted by Crippen LogP contribution is -2.48. The van der Waals surface area contributed by atoms with Gasteiger partial charge < -0.3 is 14.2 Å². The highest BCUT2D eigenvalue weighted by Gasteiger charge is 2.38. The quantitative estimate of drug-likeness (QED) is 0.348. The standard InChI is InChI=1S/C27H19BN2O/c1-16-14-20-19-9-3-6-13-24(19)31-27(20)17(2)26(16)30-22-11-5-4-10-21(22)28-25-18(15-29-28)8-7-12-23(25)30/h3-15H,1-2H3. The number of hydrogen-bond donors (Lipinski definition) is 0. The molecule has 1 aromatic heterocycles. The van der Waals surface area contributed by atoms with Crippen LogP contribution in [0.1, 0.15) is 16.7 Å². The maximum atomic E-state index is 6.35. The van der Waals surface area contributed by atoms with Gasteiger partial charge in [-0.3, -0.25) is 0 Å². The summed E-state index contributed by atoms with van der Waals surface area (Å²) in [5, 5.41) is 2.35. The summed E-state index contributed by atoms with van der Waals surface area (Å²) in [7, 11) is 0. The first-order valence-electron chi connectivity index (χ1n) is 10.7. The van der Waals surface area contributed by atoms with Crippen molar-refractivity contribution in [3.8, 4) is 0 Å². The number of benzene rings is 4. The Kier molecular flexibility index (Phi) is 3.22. The van der Waals surface area contributed by atoms with Gasteiger partial charge in [-0.15, -0.1) is 0 Å². The molecule has 0 spiro atoms. The van der Waals surface area contributed by atoms with Gasteiger partial charge in [0.05, 0.1) is 5.69 Å². The van der Waals surface area contributed by atoms with Crippen molar-refractivity contribution in [1.82, 2.24) is 0 Å². The highest BCUT2D eigenvalue weighted by molar-refractivity contribution is 6.89. The Bertz CT molecular complexity index is 1580. The third-order valence-corrected chi connectivity index (χ3v) is 6.75. The van der Waals surface area contributed by atoms with Gasteiger partial charge in [-0.05, 0) is 60.2 Å². The zero-order valence-electron chi connectivity index (χ0n) is 17.4. The molecule has 0 N–H and O–H groups in total. The minimum atomic E-state index is 0.0780. The molecule has 0 bridgehead atoms. The van der Waals surface area contributed by atoms with Crippen LogP contribution >= 0.6 is 0 Å². The van der Waals surface area contributed by atoms with Crippen molar-refractivity contribution in [3.63, 3.8) is 0 Å². The number of nitrogens with zero attached hydrogens (tertiary/aromatic N) is 2. The predicted molar refractivity (Wildman–Crippen MR) is 130 cm³/mol. The molecule has 0 saturated carbocycles. The fourth-order valence-corrected chi connectivity index (χ4v) is 5.45. The Morgan fingerprint density at radius 3 is 2.58 bits per heavy atom. The van der Waals surface area contributed by atoms with E-state index in [2.05, 4.69) is 79.4 Å². The first kappa shape index (κ1) is 17.0. The SMILES string of the molecule is Cc1cc2c(oc3ccccc32)c(C)c1N1c2ccccc2B2N=Cc3cccc1c32. The molecule has 0 aliphatic carbocycles. The van der Waals surface area contributed by atoms with Crippen LogP contribution < -0.4 is 15.8 Å². The van der Waals surface area contributed by atoms with Crippen LogP contribution in [0.3, 0.4) is 0 Å². The maximum absolute atomic E-state index is 6.35.